The number of pyridine rings is 1. The van der Waals surface area contributed by atoms with Gasteiger partial charge in [0.05, 0.1) is 21.7 Å². The zero-order chi connectivity index (χ0) is 24.3. The molecule has 1 saturated heterocycles. The molecule has 3 aliphatic rings. The Morgan fingerprint density at radius 2 is 1.91 bits per heavy atom. The molecule has 0 saturated carbocycles. The molecule has 1 aromatic carbocycles. The van der Waals surface area contributed by atoms with Crippen LogP contribution in [0.2, 0.25) is 0 Å². The van der Waals surface area contributed by atoms with Crippen molar-refractivity contribution in [2.75, 3.05) is 10.7 Å². The third-order valence-electron chi connectivity index (χ3n) is 5.92. The molecule has 2 amide bonds. The molecule has 174 valence electrons. The van der Waals surface area contributed by atoms with Crippen LogP contribution in [-0.2, 0) is 9.59 Å². The monoisotopic (exact) mass is 519 g/mol. The maximum atomic E-state index is 13.6. The van der Waals surface area contributed by atoms with Gasteiger partial charge < -0.3 is 9.73 Å². The largest absolute Gasteiger partial charge is 0.411 e. The fraction of sp³-hybridized carbons (Fsp3) is 0.167. The number of benzene rings is 1. The number of carbonyl (C=O) groups is 2. The highest BCUT2D eigenvalue weighted by Gasteiger charge is 2.47. The lowest BCUT2D eigenvalue weighted by molar-refractivity contribution is -0.116. The first-order valence-electron chi connectivity index (χ1n) is 10.7. The lowest BCUT2D eigenvalue weighted by atomic mass is 9.89. The molecule has 11 heteroatoms. The van der Waals surface area contributed by atoms with Crippen molar-refractivity contribution >= 4 is 68.7 Å². The van der Waals surface area contributed by atoms with E-state index < -0.39 is 5.54 Å². The summed E-state index contributed by atoms with van der Waals surface area (Å²) in [6.45, 7) is 3.98. The number of thioether (sulfide) groups is 2. The normalized spacial score (nSPS) is 20.2. The van der Waals surface area contributed by atoms with Gasteiger partial charge in [-0.3, -0.25) is 19.5 Å². The summed E-state index contributed by atoms with van der Waals surface area (Å²) in [7, 11) is 0. The maximum Gasteiger partial charge on any atom is 0.277 e. The second-order valence-electron chi connectivity index (χ2n) is 8.61. The predicted octanol–water partition coefficient (Wildman–Crippen LogP) is 4.31. The van der Waals surface area contributed by atoms with E-state index in [1.165, 1.54) is 11.8 Å². The molecule has 0 aliphatic carbocycles. The van der Waals surface area contributed by atoms with Gasteiger partial charge in [0.15, 0.2) is 0 Å². The van der Waals surface area contributed by atoms with E-state index in [9.17, 15) is 9.59 Å². The van der Waals surface area contributed by atoms with E-state index in [2.05, 4.69) is 26.6 Å². The third kappa shape index (κ3) is 3.62. The van der Waals surface area contributed by atoms with Gasteiger partial charge in [-0.2, -0.15) is 0 Å². The van der Waals surface area contributed by atoms with Gasteiger partial charge in [-0.05, 0) is 31.6 Å². The summed E-state index contributed by atoms with van der Waals surface area (Å²) in [5, 5.41) is 11.4. The lowest BCUT2D eigenvalue weighted by Crippen LogP contribution is -2.46. The molecule has 5 heterocycles. The van der Waals surface area contributed by atoms with Crippen molar-refractivity contribution in [3.05, 3.63) is 64.8 Å². The number of rotatable bonds is 4. The minimum atomic E-state index is -0.602. The number of amides is 2. The van der Waals surface area contributed by atoms with Crippen LogP contribution >= 0.6 is 35.7 Å². The minimum absolute atomic E-state index is 0.193. The number of nitrogens with zero attached hydrogens (tertiary/aromatic N) is 4. The van der Waals surface area contributed by atoms with Crippen LogP contribution in [0.5, 0.6) is 0 Å². The van der Waals surface area contributed by atoms with Crippen LogP contribution in [0.25, 0.3) is 22.6 Å². The fourth-order valence-electron chi connectivity index (χ4n) is 4.53. The van der Waals surface area contributed by atoms with Crippen molar-refractivity contribution in [3.8, 4) is 11.5 Å². The van der Waals surface area contributed by atoms with Crippen molar-refractivity contribution in [1.82, 2.24) is 20.5 Å². The number of hydrogen-bond donors (Lipinski definition) is 1. The molecule has 2 aromatic heterocycles. The summed E-state index contributed by atoms with van der Waals surface area (Å²) in [6.07, 6.45) is 5.44. The molecule has 35 heavy (non-hydrogen) atoms. The number of carbonyl (C=O) groups excluding carboxylic acids is 2. The summed E-state index contributed by atoms with van der Waals surface area (Å²) < 4.78 is 6.19. The van der Waals surface area contributed by atoms with Gasteiger partial charge in [-0.1, -0.05) is 60.0 Å². The van der Waals surface area contributed by atoms with Crippen LogP contribution in [0.1, 0.15) is 25.0 Å². The number of aromatic nitrogens is 3. The quantitative estimate of drug-likeness (QED) is 0.307. The van der Waals surface area contributed by atoms with Gasteiger partial charge in [0.1, 0.15) is 4.32 Å². The van der Waals surface area contributed by atoms with E-state index in [1.54, 1.807) is 17.3 Å². The van der Waals surface area contributed by atoms with E-state index in [0.717, 1.165) is 39.7 Å². The predicted molar refractivity (Wildman–Crippen MR) is 139 cm³/mol. The van der Waals surface area contributed by atoms with E-state index in [-0.39, 0.29) is 11.8 Å². The molecule has 6 rings (SSSR count). The first kappa shape index (κ1) is 22.2. The van der Waals surface area contributed by atoms with E-state index in [1.807, 2.05) is 44.2 Å². The highest BCUT2D eigenvalue weighted by atomic mass is 32.2. The van der Waals surface area contributed by atoms with Crippen LogP contribution < -0.4 is 10.2 Å². The van der Waals surface area contributed by atoms with Crippen molar-refractivity contribution in [2.24, 2.45) is 0 Å². The number of hydrogen-bond acceptors (Lipinski definition) is 9. The Balaban J connectivity index is 1.36. The molecule has 1 N–H and O–H groups in total. The third-order valence-corrected chi connectivity index (χ3v) is 8.02. The summed E-state index contributed by atoms with van der Waals surface area (Å²) in [4.78, 5) is 32.3. The lowest BCUT2D eigenvalue weighted by Gasteiger charge is -2.39. The molecule has 0 bridgehead atoms. The minimum Gasteiger partial charge on any atom is -0.411 e. The van der Waals surface area contributed by atoms with E-state index >= 15 is 0 Å². The summed E-state index contributed by atoms with van der Waals surface area (Å²) >= 11 is 7.73. The smallest absolute Gasteiger partial charge is 0.277 e. The number of anilines is 1. The number of nitrogens with one attached hydrogen (secondary N) is 1. The van der Waals surface area contributed by atoms with Gasteiger partial charge in [0.25, 0.3) is 17.0 Å². The second kappa shape index (κ2) is 8.14. The number of para-hydroxylation sites is 1. The molecule has 0 unspecified atom stereocenters. The Hall–Kier alpha value is -3.28. The molecule has 0 atom stereocenters. The van der Waals surface area contributed by atoms with Crippen LogP contribution in [0, 0.1) is 0 Å². The highest BCUT2D eigenvalue weighted by molar-refractivity contribution is 8.27. The zero-order valence-corrected chi connectivity index (χ0v) is 21.0. The van der Waals surface area contributed by atoms with E-state index in [4.69, 9.17) is 16.6 Å². The molecule has 8 nitrogen and oxygen atoms in total. The average Bonchev–Trinajstić information content (AvgIpc) is 3.51. The first-order valence-corrected chi connectivity index (χ1v) is 12.9. The molecular weight excluding hydrogens is 502 g/mol. The first-order chi connectivity index (χ1) is 16.8. The summed E-state index contributed by atoms with van der Waals surface area (Å²) in [5.74, 6) is 0.489. The van der Waals surface area contributed by atoms with E-state index in [0.29, 0.717) is 31.7 Å². The molecular formula is C24H17N5O3S3. The van der Waals surface area contributed by atoms with Crippen LogP contribution in [0.4, 0.5) is 5.69 Å². The maximum absolute atomic E-state index is 13.6. The van der Waals surface area contributed by atoms with Gasteiger partial charge >= 0.3 is 0 Å². The number of thiocarbonyl (C=S) groups is 1. The van der Waals surface area contributed by atoms with Gasteiger partial charge in [0.2, 0.25) is 5.89 Å². The zero-order valence-electron chi connectivity index (χ0n) is 18.6. The molecule has 0 radical (unpaired) electrons. The van der Waals surface area contributed by atoms with Crippen LogP contribution in [0.15, 0.2) is 63.3 Å². The molecule has 3 aliphatic heterocycles. The van der Waals surface area contributed by atoms with Crippen molar-refractivity contribution < 1.29 is 14.0 Å². The summed E-state index contributed by atoms with van der Waals surface area (Å²) in [5.41, 5.74) is 4.16. The Kier molecular flexibility index (Phi) is 5.17. The standard InChI is InChI=1S/C24H17N5O3S3/c1-24(2)10-13(11-34-22-28-27-20(32-22)12-6-8-25-9-7-12)14-4-3-5-15-16(21(31)29(24)17(14)15)18-19(30)26-23(33)35-18/h3-10H,11H2,1-2H3,(H,26,30,33). The molecule has 3 aromatic rings. The molecule has 1 fully saturated rings. The van der Waals surface area contributed by atoms with Crippen molar-refractivity contribution in [3.63, 3.8) is 0 Å². The Labute approximate surface area is 214 Å². The fourth-order valence-corrected chi connectivity index (χ4v) is 6.40. The van der Waals surface area contributed by atoms with Crippen molar-refractivity contribution in [1.29, 1.82) is 0 Å². The average molecular weight is 520 g/mol. The van der Waals surface area contributed by atoms with Crippen molar-refractivity contribution in [2.45, 2.75) is 24.6 Å². The Morgan fingerprint density at radius 1 is 1.14 bits per heavy atom. The second-order valence-corrected chi connectivity index (χ2v) is 11.2. The summed E-state index contributed by atoms with van der Waals surface area (Å²) in [6, 6.07) is 9.42. The van der Waals surface area contributed by atoms with Gasteiger partial charge in [-0.15, -0.1) is 10.2 Å². The Morgan fingerprint density at radius 3 is 2.66 bits per heavy atom. The molecule has 0 spiro atoms. The van der Waals surface area contributed by atoms with Crippen LogP contribution in [-0.4, -0.2) is 42.6 Å². The highest BCUT2D eigenvalue weighted by Crippen LogP contribution is 2.51. The Bertz CT molecular complexity index is 1490. The SMILES string of the molecule is CC1(C)C=C(CSc2nnc(-c3ccncc3)o2)c2cccc3c2N1C(=O)C3=C1SC(=S)NC1=O. The topological polar surface area (TPSA) is 101 Å². The van der Waals surface area contributed by atoms with Crippen LogP contribution in [0.3, 0.4) is 0 Å². The van der Waals surface area contributed by atoms with Gasteiger partial charge in [0, 0.05) is 34.8 Å². The van der Waals surface area contributed by atoms with Gasteiger partial charge in [-0.25, -0.2) is 0 Å².